The third-order valence-electron chi connectivity index (χ3n) is 7.10. The highest BCUT2D eigenvalue weighted by atomic mass is 16.2. The van der Waals surface area contributed by atoms with E-state index in [1.165, 1.54) is 0 Å². The van der Waals surface area contributed by atoms with Gasteiger partial charge in [-0.3, -0.25) is 19.4 Å². The van der Waals surface area contributed by atoms with Crippen molar-refractivity contribution in [2.24, 2.45) is 5.92 Å². The van der Waals surface area contributed by atoms with Gasteiger partial charge in [0.2, 0.25) is 5.91 Å². The van der Waals surface area contributed by atoms with Crippen LogP contribution in [0.3, 0.4) is 0 Å². The van der Waals surface area contributed by atoms with Crippen LogP contribution in [0.5, 0.6) is 0 Å². The van der Waals surface area contributed by atoms with Gasteiger partial charge < -0.3 is 29.4 Å². The second-order valence-corrected chi connectivity index (χ2v) is 11.9. The van der Waals surface area contributed by atoms with Crippen LogP contribution in [0.2, 0.25) is 0 Å². The van der Waals surface area contributed by atoms with Crippen molar-refractivity contribution >= 4 is 11.7 Å². The molecule has 0 aliphatic carbocycles. The van der Waals surface area contributed by atoms with Crippen molar-refractivity contribution in [1.82, 2.24) is 39.2 Å². The lowest BCUT2D eigenvalue weighted by atomic mass is 10.1. The van der Waals surface area contributed by atoms with Gasteiger partial charge in [-0.05, 0) is 56.4 Å². The maximum atomic E-state index is 12.7. The van der Waals surface area contributed by atoms with Crippen molar-refractivity contribution < 1.29 is 9.59 Å². The molecule has 0 saturated heterocycles. The predicted molar refractivity (Wildman–Crippen MR) is 161 cm³/mol. The molecule has 38 heavy (non-hydrogen) atoms. The molecule has 0 aromatic rings. The molecule has 0 heterocycles. The zero-order chi connectivity index (χ0) is 29.3. The van der Waals surface area contributed by atoms with Crippen LogP contribution in [0.4, 0.5) is 0 Å². The summed E-state index contributed by atoms with van der Waals surface area (Å²) in [6.07, 6.45) is 0. The highest BCUT2D eigenvalue weighted by molar-refractivity contribution is 5.82. The van der Waals surface area contributed by atoms with E-state index in [1.807, 2.05) is 39.9 Å². The molecule has 0 spiro atoms. The number of carbonyl (C=O) groups is 2. The zero-order valence-corrected chi connectivity index (χ0v) is 26.9. The summed E-state index contributed by atoms with van der Waals surface area (Å²) in [7, 11) is 18.7. The molecular formula is C28H62N8O2. The summed E-state index contributed by atoms with van der Waals surface area (Å²) in [5.41, 5.74) is 0. The summed E-state index contributed by atoms with van der Waals surface area (Å²) in [5, 5.41) is 0. The van der Waals surface area contributed by atoms with E-state index in [4.69, 9.17) is 0 Å². The minimum Gasteiger partial charge on any atom is -0.343 e. The van der Waals surface area contributed by atoms with Gasteiger partial charge in [-0.15, -0.1) is 0 Å². The molecule has 0 aromatic carbocycles. The van der Waals surface area contributed by atoms with E-state index in [9.17, 15) is 9.59 Å². The van der Waals surface area contributed by atoms with E-state index < -0.39 is 0 Å². The van der Waals surface area contributed by atoms with Crippen LogP contribution >= 0.6 is 0 Å². The van der Waals surface area contributed by atoms with E-state index in [1.54, 1.807) is 0 Å². The Morgan fingerprint density at radius 2 is 0.763 bits per heavy atom. The maximum Gasteiger partial charge on any atom is 0.236 e. The monoisotopic (exact) mass is 542 g/mol. The van der Waals surface area contributed by atoms with Crippen molar-refractivity contribution in [3.05, 3.63) is 0 Å². The molecule has 0 N–H and O–H groups in total. The Morgan fingerprint density at radius 3 is 1.13 bits per heavy atom. The van der Waals surface area contributed by atoms with Crippen LogP contribution < -0.4 is 0 Å². The second-order valence-electron chi connectivity index (χ2n) is 11.9. The number of nitrogens with zero attached hydrogens (tertiary/aromatic N) is 8. The van der Waals surface area contributed by atoms with Crippen molar-refractivity contribution in [2.75, 3.05) is 155 Å². The topological polar surface area (TPSA) is 60.1 Å². The van der Waals surface area contributed by atoms with Gasteiger partial charge in [0, 0.05) is 91.5 Å². The molecule has 0 saturated carbocycles. The Balaban J connectivity index is 4.06. The van der Waals surface area contributed by atoms with Gasteiger partial charge in [-0.1, -0.05) is 13.8 Å². The van der Waals surface area contributed by atoms with Crippen molar-refractivity contribution in [2.45, 2.75) is 13.8 Å². The molecule has 0 bridgehead atoms. The van der Waals surface area contributed by atoms with Crippen LogP contribution in [-0.4, -0.2) is 206 Å². The first-order valence-electron chi connectivity index (χ1n) is 14.2. The van der Waals surface area contributed by atoms with Gasteiger partial charge in [0.25, 0.3) is 0 Å². The summed E-state index contributed by atoms with van der Waals surface area (Å²) in [4.78, 5) is 42.1. The first-order chi connectivity index (χ1) is 17.7. The molecule has 1 amide bonds. The molecular weight excluding hydrogens is 480 g/mol. The predicted octanol–water partition coefficient (Wildman–Crippen LogP) is -0.178. The Hall–Kier alpha value is -1.14. The van der Waals surface area contributed by atoms with Gasteiger partial charge in [-0.25, -0.2) is 0 Å². The zero-order valence-electron chi connectivity index (χ0n) is 26.9. The SMILES string of the molecule is CC(C)C(=O)CN(C)CCN(C)CCN(C)CCN(C)C(=O)CN(C)CCN(C)CCN(C)CCN(C)C. The summed E-state index contributed by atoms with van der Waals surface area (Å²) < 4.78 is 0. The van der Waals surface area contributed by atoms with E-state index >= 15 is 0 Å². The van der Waals surface area contributed by atoms with Gasteiger partial charge in [0.15, 0.2) is 0 Å². The van der Waals surface area contributed by atoms with E-state index in [0.717, 1.165) is 78.5 Å². The normalized spacial score (nSPS) is 12.5. The number of amides is 1. The lowest BCUT2D eigenvalue weighted by Crippen LogP contribution is -2.43. The van der Waals surface area contributed by atoms with Gasteiger partial charge in [0.1, 0.15) is 5.78 Å². The first-order valence-corrected chi connectivity index (χ1v) is 14.2. The third-order valence-corrected chi connectivity index (χ3v) is 7.10. The van der Waals surface area contributed by atoms with Crippen molar-refractivity contribution in [1.29, 1.82) is 0 Å². The average Bonchev–Trinajstić information content (AvgIpc) is 2.85. The fourth-order valence-corrected chi connectivity index (χ4v) is 3.59. The number of ketones is 1. The number of carbonyl (C=O) groups excluding carboxylic acids is 2. The molecule has 226 valence electrons. The third kappa shape index (κ3) is 19.9. The molecule has 0 fully saturated rings. The van der Waals surface area contributed by atoms with Crippen LogP contribution in [-0.2, 0) is 9.59 Å². The molecule has 0 atom stereocenters. The fourth-order valence-electron chi connectivity index (χ4n) is 3.59. The van der Waals surface area contributed by atoms with Crippen molar-refractivity contribution in [3.63, 3.8) is 0 Å². The van der Waals surface area contributed by atoms with Crippen LogP contribution in [0.15, 0.2) is 0 Å². The molecule has 10 heteroatoms. The van der Waals surface area contributed by atoms with Gasteiger partial charge >= 0.3 is 0 Å². The number of hydrogen-bond donors (Lipinski definition) is 0. The van der Waals surface area contributed by atoms with Crippen LogP contribution in [0.1, 0.15) is 13.8 Å². The van der Waals surface area contributed by atoms with Gasteiger partial charge in [-0.2, -0.15) is 0 Å². The number of rotatable bonds is 23. The minimum absolute atomic E-state index is 0.0939. The molecule has 0 aliphatic heterocycles. The number of Topliss-reactive ketones (excluding diaryl/α,β-unsaturated/α-hetero) is 1. The summed E-state index contributed by atoms with van der Waals surface area (Å²) in [6.45, 7) is 16.3. The number of hydrogen-bond acceptors (Lipinski definition) is 9. The maximum absolute atomic E-state index is 12.7. The molecule has 0 aliphatic rings. The lowest BCUT2D eigenvalue weighted by molar-refractivity contribution is -0.131. The Bertz CT molecular complexity index is 634. The van der Waals surface area contributed by atoms with Crippen LogP contribution in [0, 0.1) is 5.92 Å². The van der Waals surface area contributed by atoms with E-state index in [2.05, 4.69) is 76.6 Å². The first kappa shape index (κ1) is 36.9. The smallest absolute Gasteiger partial charge is 0.236 e. The molecule has 0 aromatic heterocycles. The summed E-state index contributed by atoms with van der Waals surface area (Å²) in [6, 6.07) is 0. The van der Waals surface area contributed by atoms with E-state index in [0.29, 0.717) is 18.9 Å². The van der Waals surface area contributed by atoms with Crippen LogP contribution in [0.25, 0.3) is 0 Å². The Kier molecular flexibility index (Phi) is 20.1. The largest absolute Gasteiger partial charge is 0.343 e. The fraction of sp³-hybridized carbons (Fsp3) is 0.929. The quantitative estimate of drug-likeness (QED) is 0.175. The molecule has 10 nitrogen and oxygen atoms in total. The highest BCUT2D eigenvalue weighted by Crippen LogP contribution is 1.98. The number of likely N-dealkylation sites (N-methyl/N-ethyl adjacent to an activating group) is 8. The average molecular weight is 543 g/mol. The molecule has 0 unspecified atom stereocenters. The summed E-state index contributed by atoms with van der Waals surface area (Å²) in [5.74, 6) is 0.557. The highest BCUT2D eigenvalue weighted by Gasteiger charge is 2.14. The van der Waals surface area contributed by atoms with Gasteiger partial charge in [0.05, 0.1) is 13.1 Å². The Morgan fingerprint density at radius 1 is 0.447 bits per heavy atom. The molecule has 0 rings (SSSR count). The molecule has 0 radical (unpaired) electrons. The minimum atomic E-state index is 0.0939. The summed E-state index contributed by atoms with van der Waals surface area (Å²) >= 11 is 0. The standard InChI is InChI=1S/C28H62N8O2/c1-26(2)27(37)24-34(9)20-18-31(6)16-17-33(8)22-23-36(11)28(38)25-35(10)21-19-32(7)15-14-30(5)13-12-29(3)4/h26H,12-25H2,1-11H3. The van der Waals surface area contributed by atoms with Crippen molar-refractivity contribution in [3.8, 4) is 0 Å². The second kappa shape index (κ2) is 20.7. The lowest BCUT2D eigenvalue weighted by Gasteiger charge is -2.27. The van der Waals surface area contributed by atoms with E-state index in [-0.39, 0.29) is 11.8 Å². The Labute approximate surface area is 235 Å².